The third-order valence-corrected chi connectivity index (χ3v) is 3.56. The lowest BCUT2D eigenvalue weighted by Gasteiger charge is -2.06. The van der Waals surface area contributed by atoms with E-state index in [1.807, 2.05) is 0 Å². The van der Waals surface area contributed by atoms with Crippen LogP contribution in [0.5, 0.6) is 0 Å². The first-order valence-corrected chi connectivity index (χ1v) is 6.17. The smallest absolute Gasteiger partial charge is 0.446 e. The molecular formula is C11H7ClF3NO2S. The second kappa shape index (κ2) is 4.97. The Labute approximate surface area is 115 Å². The fourth-order valence-corrected chi connectivity index (χ4v) is 2.80. The molecule has 2 aromatic rings. The van der Waals surface area contributed by atoms with E-state index in [0.29, 0.717) is 0 Å². The topological polar surface area (TPSA) is 30.7 Å². The minimum Gasteiger partial charge on any atom is -0.465 e. The Morgan fingerprint density at radius 2 is 2.11 bits per heavy atom. The van der Waals surface area contributed by atoms with Gasteiger partial charge in [0.25, 0.3) is 0 Å². The van der Waals surface area contributed by atoms with E-state index in [-0.39, 0.29) is 32.9 Å². The average molecular weight is 310 g/mol. The molecule has 2 rings (SSSR count). The van der Waals surface area contributed by atoms with Gasteiger partial charge in [0.15, 0.2) is 0 Å². The van der Waals surface area contributed by atoms with E-state index in [9.17, 15) is 18.0 Å². The van der Waals surface area contributed by atoms with E-state index in [2.05, 4.69) is 4.74 Å². The molecule has 0 N–H and O–H groups in total. The Morgan fingerprint density at radius 3 is 2.68 bits per heavy atom. The van der Waals surface area contributed by atoms with Gasteiger partial charge in [-0.05, 0) is 23.9 Å². The summed E-state index contributed by atoms with van der Waals surface area (Å²) in [6.07, 6.45) is 1.48. The van der Waals surface area contributed by atoms with Gasteiger partial charge in [-0.15, -0.1) is 0 Å². The fourth-order valence-electron chi connectivity index (χ4n) is 1.64. The van der Waals surface area contributed by atoms with Gasteiger partial charge in [-0.3, -0.25) is 0 Å². The number of hydrogen-bond acceptors (Lipinski definition) is 3. The maximum atomic E-state index is 12.6. The number of alkyl halides is 3. The van der Waals surface area contributed by atoms with Crippen molar-refractivity contribution in [1.82, 2.24) is 4.40 Å². The zero-order chi connectivity index (χ0) is 14.2. The number of thioether (sulfide) groups is 1. The maximum absolute atomic E-state index is 12.6. The van der Waals surface area contributed by atoms with Crippen LogP contribution >= 0.6 is 23.4 Å². The van der Waals surface area contributed by atoms with E-state index >= 15 is 0 Å². The predicted octanol–water partition coefficient (Wildman–Crippen LogP) is 3.99. The third kappa shape index (κ3) is 2.66. The first-order chi connectivity index (χ1) is 8.85. The van der Waals surface area contributed by atoms with Crippen molar-refractivity contribution >= 4 is 34.8 Å². The zero-order valence-corrected chi connectivity index (χ0v) is 11.1. The van der Waals surface area contributed by atoms with Gasteiger partial charge in [0.1, 0.15) is 10.7 Å². The molecule has 0 atom stereocenters. The Bertz CT molecular complexity index is 639. The highest BCUT2D eigenvalue weighted by molar-refractivity contribution is 8.00. The van der Waals surface area contributed by atoms with Gasteiger partial charge in [0.2, 0.25) is 0 Å². The molecule has 0 amide bonds. The Hall–Kier alpha value is -1.34. The molecule has 2 heterocycles. The van der Waals surface area contributed by atoms with E-state index in [1.165, 1.54) is 16.7 Å². The van der Waals surface area contributed by atoms with Crippen molar-refractivity contribution in [2.24, 2.45) is 0 Å². The van der Waals surface area contributed by atoms with Gasteiger partial charge >= 0.3 is 11.5 Å². The summed E-state index contributed by atoms with van der Waals surface area (Å²) in [7, 11) is 1.09. The van der Waals surface area contributed by atoms with Gasteiger partial charge in [0.05, 0.1) is 17.5 Å². The summed E-state index contributed by atoms with van der Waals surface area (Å²) in [6, 6.07) is 4.61. The monoisotopic (exact) mass is 309 g/mol. The van der Waals surface area contributed by atoms with Gasteiger partial charge in [-0.2, -0.15) is 13.2 Å². The van der Waals surface area contributed by atoms with E-state index < -0.39 is 11.5 Å². The molecule has 0 aliphatic carbocycles. The first kappa shape index (κ1) is 14.1. The van der Waals surface area contributed by atoms with E-state index in [4.69, 9.17) is 11.6 Å². The summed E-state index contributed by atoms with van der Waals surface area (Å²) in [6.45, 7) is 0. The molecule has 0 saturated carbocycles. The molecule has 19 heavy (non-hydrogen) atoms. The molecule has 0 aliphatic rings. The van der Waals surface area contributed by atoms with Crippen molar-refractivity contribution in [1.29, 1.82) is 0 Å². The second-order valence-electron chi connectivity index (χ2n) is 3.49. The molecule has 102 valence electrons. The Kier molecular flexibility index (Phi) is 3.69. The van der Waals surface area contributed by atoms with Crippen molar-refractivity contribution in [3.8, 4) is 0 Å². The minimum atomic E-state index is -4.52. The van der Waals surface area contributed by atoms with Gasteiger partial charge in [-0.1, -0.05) is 17.7 Å². The van der Waals surface area contributed by atoms with Crippen molar-refractivity contribution in [2.75, 3.05) is 7.11 Å². The van der Waals surface area contributed by atoms with Crippen LogP contribution in [0, 0.1) is 0 Å². The van der Waals surface area contributed by atoms with Gasteiger partial charge in [0, 0.05) is 6.20 Å². The number of hydrogen-bond donors (Lipinski definition) is 0. The quantitative estimate of drug-likeness (QED) is 0.621. The lowest BCUT2D eigenvalue weighted by Crippen LogP contribution is -2.05. The van der Waals surface area contributed by atoms with Crippen LogP contribution < -0.4 is 0 Å². The molecule has 0 aliphatic heterocycles. The number of halogens is 4. The van der Waals surface area contributed by atoms with Crippen LogP contribution in [-0.4, -0.2) is 23.0 Å². The highest BCUT2D eigenvalue weighted by atomic mass is 35.5. The van der Waals surface area contributed by atoms with Crippen molar-refractivity contribution in [2.45, 2.75) is 10.4 Å². The molecule has 0 radical (unpaired) electrons. The average Bonchev–Trinajstić information content (AvgIpc) is 2.61. The van der Waals surface area contributed by atoms with Crippen LogP contribution in [0.4, 0.5) is 13.2 Å². The number of fused-ring (bicyclic) bond motifs is 1. The number of carbonyl (C=O) groups excluding carboxylic acids is 1. The minimum absolute atomic E-state index is 0.103. The number of carbonyl (C=O) groups is 1. The summed E-state index contributed by atoms with van der Waals surface area (Å²) in [4.78, 5) is 11.4. The second-order valence-corrected chi connectivity index (χ2v) is 4.92. The number of aromatic nitrogens is 1. The Morgan fingerprint density at radius 1 is 1.42 bits per heavy atom. The van der Waals surface area contributed by atoms with Crippen LogP contribution in [0.1, 0.15) is 10.4 Å². The number of ether oxygens (including phenoxy) is 1. The highest BCUT2D eigenvalue weighted by Crippen LogP contribution is 2.44. The molecule has 3 nitrogen and oxygen atoms in total. The van der Waals surface area contributed by atoms with Crippen molar-refractivity contribution < 1.29 is 22.7 Å². The molecule has 2 aromatic heterocycles. The summed E-state index contributed by atoms with van der Waals surface area (Å²) >= 11 is 5.56. The third-order valence-electron chi connectivity index (χ3n) is 2.34. The molecule has 0 saturated heterocycles. The number of methoxy groups -OCH3 is 1. The van der Waals surface area contributed by atoms with Crippen LogP contribution in [0.25, 0.3) is 5.52 Å². The molecule has 0 aromatic carbocycles. The number of rotatable bonds is 2. The van der Waals surface area contributed by atoms with Crippen molar-refractivity contribution in [3.63, 3.8) is 0 Å². The number of pyridine rings is 1. The predicted molar refractivity (Wildman–Crippen MR) is 65.7 cm³/mol. The largest absolute Gasteiger partial charge is 0.465 e. The van der Waals surface area contributed by atoms with Crippen LogP contribution in [0.15, 0.2) is 29.3 Å². The van der Waals surface area contributed by atoms with Crippen LogP contribution in [0.2, 0.25) is 5.15 Å². The summed E-state index contributed by atoms with van der Waals surface area (Å²) in [5.74, 6) is -0.902. The number of nitrogens with zero attached hydrogens (tertiary/aromatic N) is 1. The maximum Gasteiger partial charge on any atom is 0.446 e. The van der Waals surface area contributed by atoms with E-state index in [0.717, 1.165) is 7.11 Å². The fraction of sp³-hybridized carbons (Fsp3) is 0.182. The normalized spacial score (nSPS) is 11.8. The standard InChI is InChI=1S/C11H7ClF3NO2S/c1-18-10(17)7-8(19-11(13,14)15)6-4-2-3-5-16(6)9(7)12/h2-5H,1H3. The van der Waals surface area contributed by atoms with E-state index in [1.54, 1.807) is 12.1 Å². The Balaban J connectivity index is 2.73. The zero-order valence-electron chi connectivity index (χ0n) is 9.49. The number of esters is 1. The van der Waals surface area contributed by atoms with Gasteiger partial charge < -0.3 is 9.14 Å². The molecular weight excluding hydrogens is 303 g/mol. The molecule has 0 fully saturated rings. The molecule has 0 unspecified atom stereocenters. The molecule has 0 bridgehead atoms. The van der Waals surface area contributed by atoms with Crippen LogP contribution in [0.3, 0.4) is 0 Å². The molecule has 8 heteroatoms. The summed E-state index contributed by atoms with van der Waals surface area (Å²) < 4.78 is 43.5. The van der Waals surface area contributed by atoms with Gasteiger partial charge in [-0.25, -0.2) is 4.79 Å². The first-order valence-electron chi connectivity index (χ1n) is 4.97. The lowest BCUT2D eigenvalue weighted by molar-refractivity contribution is -0.0327. The molecule has 0 spiro atoms. The summed E-state index contributed by atoms with van der Waals surface area (Å²) in [5.41, 5.74) is -4.60. The van der Waals surface area contributed by atoms with Crippen LogP contribution in [-0.2, 0) is 4.74 Å². The van der Waals surface area contributed by atoms with Crippen molar-refractivity contribution in [3.05, 3.63) is 35.1 Å². The lowest BCUT2D eigenvalue weighted by atomic mass is 10.3. The SMILES string of the molecule is COC(=O)c1c(SC(F)(F)F)c2ccccn2c1Cl. The summed E-state index contributed by atoms with van der Waals surface area (Å²) in [5, 5.41) is -0.103. The highest BCUT2D eigenvalue weighted by Gasteiger charge is 2.35.